The van der Waals surface area contributed by atoms with Crippen LogP contribution < -0.4 is 10.6 Å². The first-order valence-corrected chi connectivity index (χ1v) is 9.79. The molecule has 1 fully saturated rings. The Hall–Kier alpha value is -0.410. The van der Waals surface area contributed by atoms with E-state index in [9.17, 15) is 0 Å². The Morgan fingerprint density at radius 2 is 2.24 bits per heavy atom. The molecule has 0 aliphatic heterocycles. The fraction of sp³-hybridized carbons (Fsp3) is 0.778. The molecular weight excluding hydrogens is 447 g/mol. The third kappa shape index (κ3) is 6.36. The fourth-order valence-corrected chi connectivity index (χ4v) is 3.73. The second kappa shape index (κ2) is 10.7. The van der Waals surface area contributed by atoms with Crippen molar-refractivity contribution >= 4 is 41.3 Å². The number of guanidine groups is 1. The van der Waals surface area contributed by atoms with E-state index in [1.54, 1.807) is 11.3 Å². The van der Waals surface area contributed by atoms with Gasteiger partial charge in [0, 0.05) is 49.2 Å². The maximum absolute atomic E-state index is 6.01. The van der Waals surface area contributed by atoms with Crippen LogP contribution in [-0.2, 0) is 11.2 Å². The van der Waals surface area contributed by atoms with Gasteiger partial charge in [-0.25, -0.2) is 4.98 Å². The van der Waals surface area contributed by atoms with E-state index in [1.165, 1.54) is 16.3 Å². The quantitative estimate of drug-likeness (QED) is 0.258. The van der Waals surface area contributed by atoms with Gasteiger partial charge in [0.25, 0.3) is 0 Å². The van der Waals surface area contributed by atoms with E-state index in [1.807, 2.05) is 13.2 Å². The van der Waals surface area contributed by atoms with Crippen molar-refractivity contribution in [3.8, 4) is 0 Å². The van der Waals surface area contributed by atoms with Crippen LogP contribution in [0, 0.1) is 12.3 Å². The third-order valence-electron chi connectivity index (χ3n) is 4.83. The van der Waals surface area contributed by atoms with Crippen LogP contribution in [0.15, 0.2) is 11.2 Å². The van der Waals surface area contributed by atoms with Gasteiger partial charge in [-0.05, 0) is 19.8 Å². The zero-order valence-electron chi connectivity index (χ0n) is 16.1. The van der Waals surface area contributed by atoms with E-state index < -0.39 is 0 Å². The summed E-state index contributed by atoms with van der Waals surface area (Å²) in [4.78, 5) is 10.0. The Morgan fingerprint density at radius 1 is 1.48 bits per heavy atom. The summed E-state index contributed by atoms with van der Waals surface area (Å²) in [5, 5.41) is 8.11. The summed E-state index contributed by atoms with van der Waals surface area (Å²) in [7, 11) is 1.82. The van der Waals surface area contributed by atoms with Gasteiger partial charge < -0.3 is 15.4 Å². The van der Waals surface area contributed by atoms with Gasteiger partial charge in [-0.3, -0.25) is 4.99 Å². The van der Waals surface area contributed by atoms with Crippen LogP contribution in [-0.4, -0.2) is 43.3 Å². The van der Waals surface area contributed by atoms with E-state index in [0.717, 1.165) is 38.4 Å². The molecule has 144 valence electrons. The van der Waals surface area contributed by atoms with Gasteiger partial charge in [-0.1, -0.05) is 27.2 Å². The van der Waals surface area contributed by atoms with Crippen LogP contribution in [0.25, 0.3) is 0 Å². The number of aliphatic imine (C=N–C) groups is 1. The average molecular weight is 480 g/mol. The molecule has 7 heteroatoms. The van der Waals surface area contributed by atoms with Crippen molar-refractivity contribution in [1.29, 1.82) is 0 Å². The molecule has 2 unspecified atom stereocenters. The molecule has 1 aliphatic carbocycles. The summed E-state index contributed by atoms with van der Waals surface area (Å²) < 4.78 is 6.01. The number of nitrogens with one attached hydrogen (secondary N) is 2. The maximum atomic E-state index is 6.01. The van der Waals surface area contributed by atoms with E-state index in [0.29, 0.717) is 12.1 Å². The Kier molecular flexibility index (Phi) is 9.66. The molecule has 25 heavy (non-hydrogen) atoms. The third-order valence-corrected chi connectivity index (χ3v) is 5.80. The number of hydrogen-bond donors (Lipinski definition) is 2. The predicted molar refractivity (Wildman–Crippen MR) is 117 cm³/mol. The molecule has 0 amide bonds. The number of aryl methyl sites for hydroxylation is 1. The molecule has 1 aromatic heterocycles. The minimum atomic E-state index is 0. The number of halogens is 1. The second-order valence-corrected chi connectivity index (χ2v) is 8.40. The molecule has 0 radical (unpaired) electrons. The minimum Gasteiger partial charge on any atom is -0.378 e. The number of unbranched alkanes of at least 4 members (excludes halogenated alkanes) is 1. The Labute approximate surface area is 173 Å². The lowest BCUT2D eigenvalue weighted by molar-refractivity contribution is -0.113. The first-order valence-electron chi connectivity index (χ1n) is 8.97. The van der Waals surface area contributed by atoms with E-state index in [-0.39, 0.29) is 29.4 Å². The van der Waals surface area contributed by atoms with Crippen molar-refractivity contribution in [3.63, 3.8) is 0 Å². The van der Waals surface area contributed by atoms with Gasteiger partial charge in [0.05, 0.1) is 11.1 Å². The molecule has 2 N–H and O–H groups in total. The lowest BCUT2D eigenvalue weighted by Gasteiger charge is -2.52. The van der Waals surface area contributed by atoms with Crippen LogP contribution in [0.5, 0.6) is 0 Å². The summed E-state index contributed by atoms with van der Waals surface area (Å²) in [5.74, 6) is 0.869. The molecule has 0 saturated heterocycles. The summed E-state index contributed by atoms with van der Waals surface area (Å²) in [6.45, 7) is 10.6. The fourth-order valence-electron chi connectivity index (χ4n) is 2.95. The molecule has 0 spiro atoms. The average Bonchev–Trinajstić information content (AvgIpc) is 2.97. The Balaban J connectivity index is 0.00000312. The highest BCUT2D eigenvalue weighted by Gasteiger charge is 2.49. The predicted octanol–water partition coefficient (Wildman–Crippen LogP) is 3.76. The van der Waals surface area contributed by atoms with Crippen LogP contribution in [0.3, 0.4) is 0 Å². The summed E-state index contributed by atoms with van der Waals surface area (Å²) in [6.07, 6.45) is 6.58. The summed E-state index contributed by atoms with van der Waals surface area (Å²) in [6, 6.07) is 0.400. The van der Waals surface area contributed by atoms with Gasteiger partial charge in [-0.15, -0.1) is 35.3 Å². The molecule has 1 saturated carbocycles. The maximum Gasteiger partial charge on any atom is 0.191 e. The second-order valence-electron chi connectivity index (χ2n) is 7.08. The van der Waals surface area contributed by atoms with Crippen LogP contribution in [0.2, 0.25) is 0 Å². The van der Waals surface area contributed by atoms with E-state index in [2.05, 4.69) is 48.3 Å². The van der Waals surface area contributed by atoms with Gasteiger partial charge in [0.2, 0.25) is 0 Å². The van der Waals surface area contributed by atoms with Crippen molar-refractivity contribution in [2.75, 3.05) is 20.2 Å². The Bertz CT molecular complexity index is 547. The zero-order chi connectivity index (χ0) is 17.6. The first kappa shape index (κ1) is 22.6. The van der Waals surface area contributed by atoms with Gasteiger partial charge >= 0.3 is 0 Å². The number of thiazole rings is 1. The van der Waals surface area contributed by atoms with Crippen molar-refractivity contribution in [2.45, 2.75) is 65.5 Å². The number of nitrogens with zero attached hydrogens (tertiary/aromatic N) is 2. The molecule has 2 rings (SSSR count). The van der Waals surface area contributed by atoms with E-state index >= 15 is 0 Å². The summed E-state index contributed by atoms with van der Waals surface area (Å²) in [5.41, 5.74) is 0.137. The zero-order valence-corrected chi connectivity index (χ0v) is 19.2. The number of aromatic nitrogens is 1. The minimum absolute atomic E-state index is 0. The highest BCUT2D eigenvalue weighted by molar-refractivity contribution is 14.0. The molecule has 1 aliphatic rings. The van der Waals surface area contributed by atoms with Crippen molar-refractivity contribution in [1.82, 2.24) is 15.6 Å². The van der Waals surface area contributed by atoms with Gasteiger partial charge in [0.1, 0.15) is 0 Å². The molecular formula is C18H33IN4OS. The van der Waals surface area contributed by atoms with Crippen molar-refractivity contribution in [3.05, 3.63) is 16.1 Å². The van der Waals surface area contributed by atoms with Crippen LogP contribution in [0.4, 0.5) is 0 Å². The SMILES string of the molecule is CCCCOC1CC(NC(=NC)NCCc2ncc(C)s2)C1(C)C.I. The standard InChI is InChI=1S/C18H32N4OS.HI/c1-6-7-10-23-15-11-14(18(15,3)4)22-17(19-5)20-9-8-16-21-12-13(2)24-16;/h12,14-15H,6-11H2,1-5H3,(H2,19,20,22);1H. The molecule has 1 heterocycles. The largest absolute Gasteiger partial charge is 0.378 e. The molecule has 2 atom stereocenters. The van der Waals surface area contributed by atoms with Crippen LogP contribution >= 0.6 is 35.3 Å². The molecule has 0 aromatic carbocycles. The normalized spacial score (nSPS) is 22.0. The number of rotatable bonds is 8. The lowest BCUT2D eigenvalue weighted by atomic mass is 9.64. The topological polar surface area (TPSA) is 58.5 Å². The monoisotopic (exact) mass is 480 g/mol. The van der Waals surface area contributed by atoms with Crippen molar-refractivity contribution in [2.24, 2.45) is 10.4 Å². The summed E-state index contributed by atoms with van der Waals surface area (Å²) >= 11 is 1.76. The first-order chi connectivity index (χ1) is 11.5. The highest BCUT2D eigenvalue weighted by Crippen LogP contribution is 2.42. The van der Waals surface area contributed by atoms with Crippen LogP contribution in [0.1, 0.15) is 49.9 Å². The lowest BCUT2D eigenvalue weighted by Crippen LogP contribution is -2.63. The Morgan fingerprint density at radius 3 is 2.80 bits per heavy atom. The van der Waals surface area contributed by atoms with E-state index in [4.69, 9.17) is 4.74 Å². The molecule has 5 nitrogen and oxygen atoms in total. The van der Waals surface area contributed by atoms with Gasteiger partial charge in [0.15, 0.2) is 5.96 Å². The molecule has 0 bridgehead atoms. The number of ether oxygens (including phenoxy) is 1. The number of hydrogen-bond acceptors (Lipinski definition) is 4. The molecule has 1 aromatic rings. The smallest absolute Gasteiger partial charge is 0.191 e. The van der Waals surface area contributed by atoms with Crippen molar-refractivity contribution < 1.29 is 4.74 Å². The highest BCUT2D eigenvalue weighted by atomic mass is 127. The van der Waals surface area contributed by atoms with Gasteiger partial charge in [-0.2, -0.15) is 0 Å².